The van der Waals surface area contributed by atoms with Gasteiger partial charge in [0.25, 0.3) is 5.91 Å². The first kappa shape index (κ1) is 38.4. The summed E-state index contributed by atoms with van der Waals surface area (Å²) >= 11 is 0. The maximum absolute atomic E-state index is 14.7. The molecule has 0 bridgehead atoms. The molecule has 2 unspecified atom stereocenters. The molecule has 2 N–H and O–H groups in total. The van der Waals surface area contributed by atoms with Crippen LogP contribution in [0.5, 0.6) is 11.5 Å². The molecule has 4 fully saturated rings. The number of hydrogen-bond acceptors (Lipinski definition) is 9. The van der Waals surface area contributed by atoms with Crippen molar-refractivity contribution in [1.29, 1.82) is 0 Å². The molecule has 5 amide bonds. The van der Waals surface area contributed by atoms with Crippen molar-refractivity contribution in [3.05, 3.63) is 61.2 Å². The van der Waals surface area contributed by atoms with Gasteiger partial charge >= 0.3 is 6.09 Å². The number of fused-ring (bicyclic) bond motifs is 2. The van der Waals surface area contributed by atoms with Crippen LogP contribution in [-0.2, 0) is 33.9 Å². The molecular formula is C40H49N5O9S. The van der Waals surface area contributed by atoms with Crippen LogP contribution in [0, 0.1) is 17.3 Å². The number of sulfonamides is 1. The first-order valence-corrected chi connectivity index (χ1v) is 20.6. The summed E-state index contributed by atoms with van der Waals surface area (Å²) in [6.45, 7) is 10.5. The third kappa shape index (κ3) is 7.67. The van der Waals surface area contributed by atoms with Gasteiger partial charge in [0.1, 0.15) is 17.7 Å². The lowest BCUT2D eigenvalue weighted by Gasteiger charge is -2.36. The van der Waals surface area contributed by atoms with Crippen molar-refractivity contribution >= 4 is 51.1 Å². The molecule has 7 rings (SSSR count). The monoisotopic (exact) mass is 775 g/mol. The van der Waals surface area contributed by atoms with Crippen LogP contribution in [0.1, 0.15) is 72.1 Å². The van der Waals surface area contributed by atoms with Crippen LogP contribution in [0.25, 0.3) is 0 Å². The van der Waals surface area contributed by atoms with Gasteiger partial charge in [0, 0.05) is 31.8 Å². The van der Waals surface area contributed by atoms with Gasteiger partial charge in [-0.2, -0.15) is 0 Å². The summed E-state index contributed by atoms with van der Waals surface area (Å²) in [5.41, 5.74) is -1.37. The lowest BCUT2D eigenvalue weighted by atomic mass is 9.77. The number of piperidine rings is 1. The van der Waals surface area contributed by atoms with E-state index in [9.17, 15) is 32.4 Å². The molecule has 2 aromatic rings. The third-order valence-electron chi connectivity index (χ3n) is 11.4. The highest BCUT2D eigenvalue weighted by molar-refractivity contribution is 7.91. The molecule has 15 heteroatoms. The van der Waals surface area contributed by atoms with Crippen LogP contribution in [0.4, 0.5) is 16.2 Å². The largest absolute Gasteiger partial charge is 0.453 e. The molecule has 55 heavy (non-hydrogen) atoms. The zero-order valence-electron chi connectivity index (χ0n) is 31.5. The van der Waals surface area contributed by atoms with Gasteiger partial charge in [0.05, 0.1) is 29.1 Å². The van der Waals surface area contributed by atoms with Crippen LogP contribution in [0.2, 0.25) is 0 Å². The maximum Gasteiger partial charge on any atom is 0.419 e. The number of amides is 5. The average molecular weight is 776 g/mol. The number of para-hydroxylation sites is 4. The molecule has 2 aromatic carbocycles. The number of ether oxygens (including phenoxy) is 2. The summed E-state index contributed by atoms with van der Waals surface area (Å²) in [7, 11) is -3.92. The molecule has 5 aliphatic rings. The van der Waals surface area contributed by atoms with Gasteiger partial charge < -0.3 is 24.6 Å². The summed E-state index contributed by atoms with van der Waals surface area (Å²) in [6.07, 6.45) is 3.45. The molecule has 294 valence electrons. The van der Waals surface area contributed by atoms with Crippen molar-refractivity contribution in [2.45, 2.75) is 95.1 Å². The van der Waals surface area contributed by atoms with Crippen molar-refractivity contribution in [3.63, 3.8) is 0 Å². The van der Waals surface area contributed by atoms with E-state index in [0.717, 1.165) is 19.3 Å². The van der Waals surface area contributed by atoms with Crippen LogP contribution in [-0.4, -0.2) is 90.5 Å². The van der Waals surface area contributed by atoms with E-state index in [1.165, 1.54) is 15.9 Å². The Hall–Kier alpha value is -4.92. The molecule has 2 saturated carbocycles. The SMILES string of the molecule is C=CC1CC1(NC(=O)[C@@H]1C[C@@H](OC(=O)N2c3ccccc3Oc3ccccc32)CN1C(=O)[C@@H](CC(=O)N1CCCCC1)C(C)(C)C)C(=O)NS(=O)(=O)C1CC1. The van der Waals surface area contributed by atoms with Crippen molar-refractivity contribution in [2.75, 3.05) is 24.5 Å². The maximum atomic E-state index is 14.7. The van der Waals surface area contributed by atoms with E-state index in [1.54, 1.807) is 53.4 Å². The molecule has 0 spiro atoms. The summed E-state index contributed by atoms with van der Waals surface area (Å²) in [4.78, 5) is 74.9. The number of hydrogen-bond donors (Lipinski definition) is 2. The summed E-state index contributed by atoms with van der Waals surface area (Å²) in [5, 5.41) is 2.13. The smallest absolute Gasteiger partial charge is 0.419 e. The standard InChI is InChI=1S/C40H49N5O9S/c1-5-25-23-40(25,37(49)42-55(51,52)27-17-18-27)41-35(47)31-21-26(24-44(31)36(48)28(39(2,3)4)22-34(46)43-19-11-6-12-20-43)53-38(50)45-29-13-7-9-15-32(29)54-33-16-10-8-14-30(33)45/h5,7-10,13-16,25-28,31H,1,6,11-12,17-24H2,2-4H3,(H,41,47)(H,42,49)/t25?,26-,28-,31+,40?/m1/s1. The first-order chi connectivity index (χ1) is 26.1. The normalized spacial score (nSPS) is 25.1. The second kappa shape index (κ2) is 14.6. The number of benzene rings is 2. The summed E-state index contributed by atoms with van der Waals surface area (Å²) in [6, 6.07) is 12.8. The van der Waals surface area contributed by atoms with Crippen molar-refractivity contribution in [3.8, 4) is 11.5 Å². The summed E-state index contributed by atoms with van der Waals surface area (Å²) in [5.74, 6) is -2.64. The molecule has 2 aliphatic carbocycles. The predicted octanol–water partition coefficient (Wildman–Crippen LogP) is 4.77. The quantitative estimate of drug-likeness (QED) is 0.323. The lowest BCUT2D eigenvalue weighted by molar-refractivity contribution is -0.148. The van der Waals surface area contributed by atoms with Gasteiger partial charge in [0.15, 0.2) is 11.5 Å². The van der Waals surface area contributed by atoms with Crippen molar-refractivity contribution in [1.82, 2.24) is 19.8 Å². The molecule has 2 saturated heterocycles. The first-order valence-electron chi connectivity index (χ1n) is 19.1. The van der Waals surface area contributed by atoms with E-state index in [1.807, 2.05) is 20.8 Å². The molecular weight excluding hydrogens is 727 g/mol. The Morgan fingerprint density at radius 1 is 0.982 bits per heavy atom. The van der Waals surface area contributed by atoms with Gasteiger partial charge in [-0.1, -0.05) is 51.1 Å². The number of nitrogens with zero attached hydrogens (tertiary/aromatic N) is 3. The van der Waals surface area contributed by atoms with E-state index in [0.29, 0.717) is 48.8 Å². The van der Waals surface area contributed by atoms with Crippen LogP contribution in [0.3, 0.4) is 0 Å². The van der Waals surface area contributed by atoms with Crippen molar-refractivity contribution < 1.29 is 41.9 Å². The van der Waals surface area contributed by atoms with E-state index < -0.39 is 74.0 Å². The fourth-order valence-electron chi connectivity index (χ4n) is 7.90. The Balaban J connectivity index is 1.16. The highest BCUT2D eigenvalue weighted by Gasteiger charge is 2.62. The fourth-order valence-corrected chi connectivity index (χ4v) is 9.27. The minimum Gasteiger partial charge on any atom is -0.453 e. The van der Waals surface area contributed by atoms with Gasteiger partial charge in [-0.3, -0.25) is 23.9 Å². The van der Waals surface area contributed by atoms with E-state index in [2.05, 4.69) is 16.6 Å². The Labute approximate surface area is 321 Å². The van der Waals surface area contributed by atoms with E-state index in [-0.39, 0.29) is 31.7 Å². The van der Waals surface area contributed by atoms with Gasteiger partial charge in [-0.15, -0.1) is 6.58 Å². The minimum atomic E-state index is -3.92. The van der Waals surface area contributed by atoms with Crippen LogP contribution in [0.15, 0.2) is 61.2 Å². The van der Waals surface area contributed by atoms with E-state index >= 15 is 0 Å². The Kier molecular flexibility index (Phi) is 10.2. The van der Waals surface area contributed by atoms with Crippen LogP contribution >= 0.6 is 0 Å². The minimum absolute atomic E-state index is 0.0666. The topological polar surface area (TPSA) is 172 Å². The van der Waals surface area contributed by atoms with Gasteiger partial charge in [-0.25, -0.2) is 18.1 Å². The molecule has 0 radical (unpaired) electrons. The fraction of sp³-hybridized carbons (Fsp3) is 0.525. The number of likely N-dealkylation sites (tertiary alicyclic amines) is 2. The highest BCUT2D eigenvalue weighted by Crippen LogP contribution is 2.48. The number of anilines is 2. The number of rotatable bonds is 10. The second-order valence-corrected chi connectivity index (χ2v) is 18.3. The molecule has 3 aliphatic heterocycles. The third-order valence-corrected chi connectivity index (χ3v) is 13.2. The average Bonchev–Trinajstić information content (AvgIpc) is 4.09. The number of carbonyl (C=O) groups is 5. The Morgan fingerprint density at radius 3 is 2.16 bits per heavy atom. The number of nitrogens with one attached hydrogen (secondary N) is 2. The Bertz CT molecular complexity index is 1960. The predicted molar refractivity (Wildman–Crippen MR) is 203 cm³/mol. The highest BCUT2D eigenvalue weighted by atomic mass is 32.2. The van der Waals surface area contributed by atoms with E-state index in [4.69, 9.17) is 9.47 Å². The number of carbonyl (C=O) groups excluding carboxylic acids is 5. The van der Waals surface area contributed by atoms with Crippen LogP contribution < -0.4 is 19.7 Å². The second-order valence-electron chi connectivity index (χ2n) is 16.4. The molecule has 14 nitrogen and oxygen atoms in total. The zero-order chi connectivity index (χ0) is 39.3. The van der Waals surface area contributed by atoms with Gasteiger partial charge in [0.2, 0.25) is 27.7 Å². The molecule has 0 aromatic heterocycles. The molecule has 3 heterocycles. The zero-order valence-corrected chi connectivity index (χ0v) is 32.3. The lowest BCUT2D eigenvalue weighted by Crippen LogP contribution is -2.57. The van der Waals surface area contributed by atoms with Gasteiger partial charge in [-0.05, 0) is 68.2 Å². The summed E-state index contributed by atoms with van der Waals surface area (Å²) < 4.78 is 39.8. The molecule has 5 atom stereocenters. The van der Waals surface area contributed by atoms with Crippen molar-refractivity contribution in [2.24, 2.45) is 17.3 Å². The Morgan fingerprint density at radius 2 is 1.60 bits per heavy atom.